The maximum absolute atomic E-state index is 11.4. The predicted octanol–water partition coefficient (Wildman–Crippen LogP) is 3.76. The largest absolute Gasteiger partial charge is 0.303 e. The van der Waals surface area contributed by atoms with Crippen molar-refractivity contribution in [2.75, 3.05) is 0 Å². The Hall–Kier alpha value is -1.67. The molecular formula is C18H22OSi. The van der Waals surface area contributed by atoms with E-state index in [0.717, 1.165) is 6.29 Å². The van der Waals surface area contributed by atoms with E-state index in [0.29, 0.717) is 5.54 Å². The second-order valence-corrected chi connectivity index (χ2v) is 10.6. The maximum Gasteiger partial charge on any atom is 0.123 e. The van der Waals surface area contributed by atoms with E-state index in [9.17, 15) is 4.79 Å². The lowest BCUT2D eigenvalue weighted by Gasteiger charge is -2.35. The summed E-state index contributed by atoms with van der Waals surface area (Å²) in [5.41, 5.74) is 1.59. The van der Waals surface area contributed by atoms with Crippen molar-refractivity contribution in [3.8, 4) is 0 Å². The first-order valence-electron chi connectivity index (χ1n) is 7.13. The van der Waals surface area contributed by atoms with Crippen LogP contribution in [0, 0.1) is 5.92 Å². The minimum absolute atomic E-state index is 0.0410. The molecule has 0 aliphatic carbocycles. The van der Waals surface area contributed by atoms with E-state index in [2.05, 4.69) is 67.7 Å². The maximum atomic E-state index is 11.4. The summed E-state index contributed by atoms with van der Waals surface area (Å²) in [6.45, 7) is 6.77. The molecule has 2 heteroatoms. The minimum Gasteiger partial charge on any atom is -0.303 e. The van der Waals surface area contributed by atoms with Gasteiger partial charge in [-0.15, -0.1) is 0 Å². The zero-order chi connectivity index (χ0) is 14.6. The molecule has 0 spiro atoms. The molecule has 0 unspecified atom stereocenters. The lowest BCUT2D eigenvalue weighted by Crippen LogP contribution is -2.50. The third-order valence-electron chi connectivity index (χ3n) is 4.19. The van der Waals surface area contributed by atoms with Crippen molar-refractivity contribution in [2.45, 2.75) is 25.6 Å². The first kappa shape index (κ1) is 14.7. The molecule has 20 heavy (non-hydrogen) atoms. The summed E-state index contributed by atoms with van der Waals surface area (Å²) >= 11 is 0. The fourth-order valence-electron chi connectivity index (χ4n) is 3.16. The Bertz CT molecular complexity index is 548. The topological polar surface area (TPSA) is 17.1 Å². The van der Waals surface area contributed by atoms with Crippen molar-refractivity contribution in [1.29, 1.82) is 0 Å². The molecule has 0 N–H and O–H groups in total. The third kappa shape index (κ3) is 2.91. The van der Waals surface area contributed by atoms with Crippen molar-refractivity contribution < 1.29 is 4.79 Å². The van der Waals surface area contributed by atoms with E-state index in [1.54, 1.807) is 0 Å². The van der Waals surface area contributed by atoms with Gasteiger partial charge in [-0.1, -0.05) is 85.9 Å². The number of rotatable bonds is 5. The van der Waals surface area contributed by atoms with E-state index in [1.807, 2.05) is 13.0 Å². The number of carbonyl (C=O) groups is 1. The second-order valence-electron chi connectivity index (χ2n) is 5.97. The van der Waals surface area contributed by atoms with Gasteiger partial charge in [0.15, 0.2) is 0 Å². The fraction of sp³-hybridized carbons (Fsp3) is 0.278. The van der Waals surface area contributed by atoms with Crippen molar-refractivity contribution >= 4 is 19.5 Å². The Labute approximate surface area is 122 Å². The van der Waals surface area contributed by atoms with Crippen molar-refractivity contribution in [1.82, 2.24) is 0 Å². The average molecular weight is 282 g/mol. The van der Waals surface area contributed by atoms with Gasteiger partial charge in [0.05, 0.1) is 8.07 Å². The Morgan fingerprint density at radius 1 is 0.900 bits per heavy atom. The minimum atomic E-state index is -1.76. The van der Waals surface area contributed by atoms with Crippen LogP contribution in [0.15, 0.2) is 60.7 Å². The van der Waals surface area contributed by atoms with Crippen LogP contribution >= 0.6 is 0 Å². The number of aldehydes is 1. The molecule has 0 heterocycles. The van der Waals surface area contributed by atoms with E-state index in [1.165, 1.54) is 10.8 Å². The molecule has 2 aromatic rings. The van der Waals surface area contributed by atoms with Crippen LogP contribution in [0.5, 0.6) is 0 Å². The highest BCUT2D eigenvalue weighted by atomic mass is 28.3. The normalized spacial score (nSPS) is 14.6. The van der Waals surface area contributed by atoms with Crippen LogP contribution in [-0.4, -0.2) is 14.4 Å². The van der Waals surface area contributed by atoms with E-state index < -0.39 is 8.07 Å². The second kappa shape index (κ2) is 6.19. The standard InChI is InChI=1S/C18H22OSi/c1-15(14-19)18(16-10-6-4-7-11-16)20(2,3)17-12-8-5-9-13-17/h4-15,18H,1-3H3/t15-,18+/m0/s1. The summed E-state index contributed by atoms with van der Waals surface area (Å²) in [5.74, 6) is 0.0410. The highest BCUT2D eigenvalue weighted by Crippen LogP contribution is 2.33. The van der Waals surface area contributed by atoms with Crippen molar-refractivity contribution in [3.63, 3.8) is 0 Å². The van der Waals surface area contributed by atoms with Gasteiger partial charge in [-0.2, -0.15) is 0 Å². The Morgan fingerprint density at radius 2 is 1.40 bits per heavy atom. The summed E-state index contributed by atoms with van der Waals surface area (Å²) in [5, 5.41) is 1.41. The van der Waals surface area contributed by atoms with E-state index in [-0.39, 0.29) is 5.92 Å². The zero-order valence-electron chi connectivity index (χ0n) is 12.4. The van der Waals surface area contributed by atoms with Gasteiger partial charge in [0.25, 0.3) is 0 Å². The predicted molar refractivity (Wildman–Crippen MR) is 88.0 cm³/mol. The van der Waals surface area contributed by atoms with Crippen molar-refractivity contribution in [2.24, 2.45) is 5.92 Å². The first-order chi connectivity index (χ1) is 9.57. The summed E-state index contributed by atoms with van der Waals surface area (Å²) in [6, 6.07) is 21.1. The molecule has 1 nitrogen and oxygen atoms in total. The van der Waals surface area contributed by atoms with Gasteiger partial charge >= 0.3 is 0 Å². The number of hydrogen-bond donors (Lipinski definition) is 0. The summed E-state index contributed by atoms with van der Waals surface area (Å²) < 4.78 is 0. The van der Waals surface area contributed by atoms with Gasteiger partial charge in [-0.25, -0.2) is 0 Å². The molecule has 0 amide bonds. The fourth-order valence-corrected chi connectivity index (χ4v) is 6.99. The molecule has 2 rings (SSSR count). The molecule has 104 valence electrons. The smallest absolute Gasteiger partial charge is 0.123 e. The lowest BCUT2D eigenvalue weighted by molar-refractivity contribution is -0.110. The van der Waals surface area contributed by atoms with Crippen LogP contribution in [0.25, 0.3) is 0 Å². The Balaban J connectivity index is 2.49. The van der Waals surface area contributed by atoms with Crippen molar-refractivity contribution in [3.05, 3.63) is 66.2 Å². The van der Waals surface area contributed by atoms with E-state index >= 15 is 0 Å². The van der Waals surface area contributed by atoms with Crippen LogP contribution < -0.4 is 5.19 Å². The highest BCUT2D eigenvalue weighted by Gasteiger charge is 2.37. The Kier molecular flexibility index (Phi) is 4.56. The molecule has 0 saturated carbocycles. The number of carbonyl (C=O) groups excluding carboxylic acids is 1. The van der Waals surface area contributed by atoms with Crippen LogP contribution in [0.1, 0.15) is 18.0 Å². The summed E-state index contributed by atoms with van der Waals surface area (Å²) in [4.78, 5) is 11.4. The molecule has 0 bridgehead atoms. The van der Waals surface area contributed by atoms with E-state index in [4.69, 9.17) is 0 Å². The monoisotopic (exact) mass is 282 g/mol. The molecule has 2 aromatic carbocycles. The van der Waals surface area contributed by atoms with Crippen LogP contribution in [0.3, 0.4) is 0 Å². The van der Waals surface area contributed by atoms with Crippen LogP contribution in [-0.2, 0) is 4.79 Å². The van der Waals surface area contributed by atoms with Gasteiger partial charge in [0.1, 0.15) is 6.29 Å². The number of benzene rings is 2. The molecule has 2 atom stereocenters. The van der Waals surface area contributed by atoms with Gasteiger partial charge in [-0.3, -0.25) is 0 Å². The SMILES string of the molecule is C[C@@H](C=O)[C@H](c1ccccc1)[Si](C)(C)c1ccccc1. The number of hydrogen-bond acceptors (Lipinski definition) is 1. The van der Waals surface area contributed by atoms with Gasteiger partial charge < -0.3 is 4.79 Å². The molecular weight excluding hydrogens is 260 g/mol. The zero-order valence-corrected chi connectivity index (χ0v) is 13.4. The molecule has 0 aliphatic heterocycles. The van der Waals surface area contributed by atoms with Crippen LogP contribution in [0.4, 0.5) is 0 Å². The summed E-state index contributed by atoms with van der Waals surface area (Å²) in [7, 11) is -1.76. The van der Waals surface area contributed by atoms with Crippen LogP contribution in [0.2, 0.25) is 13.1 Å². The molecule has 0 saturated heterocycles. The average Bonchev–Trinajstić information content (AvgIpc) is 2.49. The Morgan fingerprint density at radius 3 is 1.90 bits per heavy atom. The summed E-state index contributed by atoms with van der Waals surface area (Å²) in [6.07, 6.45) is 1.11. The first-order valence-corrected chi connectivity index (χ1v) is 10.2. The van der Waals surface area contributed by atoms with Gasteiger partial charge in [-0.05, 0) is 11.1 Å². The molecule has 0 aliphatic rings. The third-order valence-corrected chi connectivity index (χ3v) is 8.43. The molecule has 0 radical (unpaired) electrons. The van der Waals surface area contributed by atoms with Gasteiger partial charge in [0, 0.05) is 5.92 Å². The molecule has 0 fully saturated rings. The van der Waals surface area contributed by atoms with Gasteiger partial charge in [0.2, 0.25) is 0 Å². The highest BCUT2D eigenvalue weighted by molar-refractivity contribution is 6.91. The quantitative estimate of drug-likeness (QED) is 0.603. The lowest BCUT2D eigenvalue weighted by atomic mass is 10.0. The molecule has 0 aromatic heterocycles.